The van der Waals surface area contributed by atoms with Gasteiger partial charge in [-0.15, -0.1) is 0 Å². The van der Waals surface area contributed by atoms with E-state index in [0.717, 1.165) is 31.4 Å². The van der Waals surface area contributed by atoms with Crippen molar-refractivity contribution in [2.45, 2.75) is 64.0 Å². The fourth-order valence-electron chi connectivity index (χ4n) is 3.55. The second-order valence-electron chi connectivity index (χ2n) is 6.78. The summed E-state index contributed by atoms with van der Waals surface area (Å²) < 4.78 is 0. The third kappa shape index (κ3) is 4.34. The van der Waals surface area contributed by atoms with Gasteiger partial charge in [-0.1, -0.05) is 37.8 Å². The van der Waals surface area contributed by atoms with Gasteiger partial charge >= 0.3 is 0 Å². The van der Waals surface area contributed by atoms with Gasteiger partial charge in [-0.25, -0.2) is 0 Å². The Morgan fingerprint density at radius 3 is 2.35 bits per heavy atom. The molecule has 1 saturated heterocycles. The van der Waals surface area contributed by atoms with Crippen LogP contribution in [0.1, 0.15) is 67.3 Å². The summed E-state index contributed by atoms with van der Waals surface area (Å²) >= 11 is 0. The fraction of sp³-hybridized carbons (Fsp3) is 0.579. The van der Waals surface area contributed by atoms with Gasteiger partial charge in [0.25, 0.3) is 5.91 Å². The molecule has 3 rings (SSSR count). The zero-order valence-electron chi connectivity index (χ0n) is 13.7. The van der Waals surface area contributed by atoms with Crippen molar-refractivity contribution in [1.82, 2.24) is 10.2 Å². The first-order valence-electron chi connectivity index (χ1n) is 8.90. The van der Waals surface area contributed by atoms with E-state index in [9.17, 15) is 9.59 Å². The minimum Gasteiger partial charge on any atom is -0.349 e. The lowest BCUT2D eigenvalue weighted by Crippen LogP contribution is -2.34. The molecule has 1 aliphatic heterocycles. The van der Waals surface area contributed by atoms with Crippen LogP contribution in [0.25, 0.3) is 0 Å². The van der Waals surface area contributed by atoms with Crippen LogP contribution in [-0.4, -0.2) is 29.3 Å². The van der Waals surface area contributed by atoms with Crippen LogP contribution in [0.2, 0.25) is 0 Å². The van der Waals surface area contributed by atoms with Gasteiger partial charge in [-0.3, -0.25) is 9.59 Å². The van der Waals surface area contributed by atoms with Crippen LogP contribution in [0.4, 0.5) is 0 Å². The monoisotopic (exact) mass is 314 g/mol. The number of amides is 2. The highest BCUT2D eigenvalue weighted by atomic mass is 16.2. The average Bonchev–Trinajstić information content (AvgIpc) is 2.80. The molecule has 1 aromatic carbocycles. The first-order valence-corrected chi connectivity index (χ1v) is 8.90. The number of hydrogen-bond donors (Lipinski definition) is 1. The minimum atomic E-state index is 0.0284. The van der Waals surface area contributed by atoms with Gasteiger partial charge in [-0.05, 0) is 37.0 Å². The topological polar surface area (TPSA) is 49.4 Å². The molecule has 2 amide bonds. The normalized spacial score (nSPS) is 19.7. The van der Waals surface area contributed by atoms with Gasteiger partial charge in [-0.2, -0.15) is 0 Å². The summed E-state index contributed by atoms with van der Waals surface area (Å²) in [6.07, 6.45) is 8.83. The predicted octanol–water partition coefficient (Wildman–Crippen LogP) is 3.26. The second-order valence-corrected chi connectivity index (χ2v) is 6.78. The van der Waals surface area contributed by atoms with Crippen molar-refractivity contribution in [2.24, 2.45) is 0 Å². The number of benzene rings is 1. The predicted molar refractivity (Wildman–Crippen MR) is 90.0 cm³/mol. The zero-order valence-corrected chi connectivity index (χ0v) is 13.7. The van der Waals surface area contributed by atoms with Crippen LogP contribution in [-0.2, 0) is 11.3 Å². The molecule has 0 bridgehead atoms. The smallest absolute Gasteiger partial charge is 0.251 e. The van der Waals surface area contributed by atoms with E-state index in [2.05, 4.69) is 5.32 Å². The van der Waals surface area contributed by atoms with E-state index < -0.39 is 0 Å². The average molecular weight is 314 g/mol. The number of rotatable bonds is 4. The Balaban J connectivity index is 1.55. The number of likely N-dealkylation sites (tertiary alicyclic amines) is 1. The Kier molecular flexibility index (Phi) is 5.31. The number of nitrogens with one attached hydrogen (secondary N) is 1. The first-order chi connectivity index (χ1) is 11.2. The summed E-state index contributed by atoms with van der Waals surface area (Å²) in [5.74, 6) is 0.265. The minimum absolute atomic E-state index is 0.0284. The zero-order chi connectivity index (χ0) is 16.1. The molecule has 4 heteroatoms. The molecule has 1 aliphatic carbocycles. The lowest BCUT2D eigenvalue weighted by atomic mass is 10.1. The first kappa shape index (κ1) is 16.0. The van der Waals surface area contributed by atoms with Gasteiger partial charge in [0.2, 0.25) is 5.91 Å². The van der Waals surface area contributed by atoms with Crippen LogP contribution < -0.4 is 5.32 Å². The summed E-state index contributed by atoms with van der Waals surface area (Å²) in [7, 11) is 0. The quantitative estimate of drug-likeness (QED) is 0.867. The lowest BCUT2D eigenvalue weighted by Gasteiger charge is -2.17. The Morgan fingerprint density at radius 2 is 1.74 bits per heavy atom. The standard InChI is InChI=1S/C19H26N2O2/c22-18-8-5-13-21(18)14-15-9-11-16(12-10-15)19(23)20-17-6-3-1-2-4-7-17/h9-12,17H,1-8,13-14H2,(H,20,23). The molecule has 1 aromatic rings. The highest BCUT2D eigenvalue weighted by molar-refractivity contribution is 5.94. The maximum absolute atomic E-state index is 12.4. The lowest BCUT2D eigenvalue weighted by molar-refractivity contribution is -0.128. The molecule has 124 valence electrons. The number of carbonyl (C=O) groups excluding carboxylic acids is 2. The third-order valence-electron chi connectivity index (χ3n) is 4.95. The number of hydrogen-bond acceptors (Lipinski definition) is 2. The fourth-order valence-corrected chi connectivity index (χ4v) is 3.55. The highest BCUT2D eigenvalue weighted by Crippen LogP contribution is 2.18. The molecular formula is C19H26N2O2. The maximum atomic E-state index is 12.4. The molecule has 4 nitrogen and oxygen atoms in total. The molecule has 0 atom stereocenters. The van der Waals surface area contributed by atoms with Gasteiger partial charge in [0.1, 0.15) is 0 Å². The van der Waals surface area contributed by atoms with E-state index in [0.29, 0.717) is 24.6 Å². The van der Waals surface area contributed by atoms with Crippen molar-refractivity contribution in [2.75, 3.05) is 6.54 Å². The van der Waals surface area contributed by atoms with E-state index in [4.69, 9.17) is 0 Å². The molecule has 2 aliphatic rings. The van der Waals surface area contributed by atoms with Gasteiger partial charge in [0.05, 0.1) is 0 Å². The summed E-state index contributed by atoms with van der Waals surface area (Å²) in [4.78, 5) is 25.9. The Hall–Kier alpha value is -1.84. The Labute approximate surface area is 138 Å². The molecule has 0 radical (unpaired) electrons. The van der Waals surface area contributed by atoms with Crippen LogP contribution >= 0.6 is 0 Å². The summed E-state index contributed by atoms with van der Waals surface area (Å²) in [6, 6.07) is 8.01. The summed E-state index contributed by atoms with van der Waals surface area (Å²) in [5, 5.41) is 3.17. The molecule has 1 saturated carbocycles. The van der Waals surface area contributed by atoms with Crippen molar-refractivity contribution in [3.8, 4) is 0 Å². The van der Waals surface area contributed by atoms with Crippen molar-refractivity contribution in [3.63, 3.8) is 0 Å². The molecule has 0 aromatic heterocycles. The van der Waals surface area contributed by atoms with E-state index in [1.807, 2.05) is 29.2 Å². The van der Waals surface area contributed by atoms with Gasteiger partial charge < -0.3 is 10.2 Å². The van der Waals surface area contributed by atoms with E-state index >= 15 is 0 Å². The van der Waals surface area contributed by atoms with Crippen molar-refractivity contribution >= 4 is 11.8 Å². The molecule has 1 N–H and O–H groups in total. The van der Waals surface area contributed by atoms with Crippen LogP contribution in [0.5, 0.6) is 0 Å². The molecule has 0 unspecified atom stereocenters. The van der Waals surface area contributed by atoms with Crippen molar-refractivity contribution < 1.29 is 9.59 Å². The van der Waals surface area contributed by atoms with E-state index in [-0.39, 0.29) is 11.8 Å². The van der Waals surface area contributed by atoms with Crippen LogP contribution in [0.15, 0.2) is 24.3 Å². The largest absolute Gasteiger partial charge is 0.349 e. The van der Waals surface area contributed by atoms with Gasteiger partial charge in [0, 0.05) is 31.1 Å². The third-order valence-corrected chi connectivity index (χ3v) is 4.95. The number of nitrogens with zero attached hydrogens (tertiary/aromatic N) is 1. The highest BCUT2D eigenvalue weighted by Gasteiger charge is 2.20. The molecule has 2 fully saturated rings. The van der Waals surface area contributed by atoms with E-state index in [1.54, 1.807) is 0 Å². The molecule has 1 heterocycles. The molecule has 0 spiro atoms. The Bertz CT molecular complexity index is 545. The van der Waals surface area contributed by atoms with Gasteiger partial charge in [0.15, 0.2) is 0 Å². The Morgan fingerprint density at radius 1 is 1.04 bits per heavy atom. The molecular weight excluding hydrogens is 288 g/mol. The SMILES string of the molecule is O=C(NC1CCCCCC1)c1ccc(CN2CCCC2=O)cc1. The van der Waals surface area contributed by atoms with Crippen molar-refractivity contribution in [3.05, 3.63) is 35.4 Å². The number of carbonyl (C=O) groups is 2. The van der Waals surface area contributed by atoms with E-state index in [1.165, 1.54) is 25.7 Å². The maximum Gasteiger partial charge on any atom is 0.251 e. The van der Waals surface area contributed by atoms with Crippen molar-refractivity contribution in [1.29, 1.82) is 0 Å². The summed E-state index contributed by atoms with van der Waals surface area (Å²) in [5.41, 5.74) is 1.80. The second kappa shape index (κ2) is 7.62. The molecule has 23 heavy (non-hydrogen) atoms. The summed E-state index contributed by atoms with van der Waals surface area (Å²) in [6.45, 7) is 1.51. The van der Waals surface area contributed by atoms with Crippen LogP contribution in [0, 0.1) is 0 Å². The van der Waals surface area contributed by atoms with Crippen LogP contribution in [0.3, 0.4) is 0 Å².